The molecule has 1 amide bonds. The Morgan fingerprint density at radius 2 is 1.87 bits per heavy atom. The molecule has 2 aromatic carbocycles. The fraction of sp³-hybridized carbons (Fsp3) is 0.364. The molecule has 160 valence electrons. The molecule has 0 fully saturated rings. The third-order valence-corrected chi connectivity index (χ3v) is 6.46. The molecule has 0 bridgehead atoms. The van der Waals surface area contributed by atoms with Crippen LogP contribution in [0.4, 0.5) is 0 Å². The zero-order valence-corrected chi connectivity index (χ0v) is 19.3. The van der Waals surface area contributed by atoms with Crippen LogP contribution in [-0.4, -0.2) is 43.7 Å². The van der Waals surface area contributed by atoms with Crippen LogP contribution in [0, 0.1) is 0 Å². The minimum Gasteiger partial charge on any atom is -0.493 e. The van der Waals surface area contributed by atoms with Gasteiger partial charge in [-0.2, -0.15) is 4.99 Å². The maximum Gasteiger partial charge on any atom is 0.280 e. The number of methoxy groups -OCH3 is 2. The SMILES string of the molecule is CCOCCn1c(=NC(=O)c2ccccc2SCC)sc2cc(OC)c(OC)cc21. The number of fused-ring (bicyclic) bond motifs is 1. The standard InChI is InChI=1S/C22H26N2O4S2/c1-5-28-12-11-24-16-13-17(26-3)18(27-4)14-20(16)30-22(24)23-21(25)15-9-7-8-10-19(15)29-6-2/h7-10,13-14H,5-6,11-12H2,1-4H3. The van der Waals surface area contributed by atoms with E-state index in [-0.39, 0.29) is 5.91 Å². The lowest BCUT2D eigenvalue weighted by Gasteiger charge is -2.09. The molecule has 0 aliphatic rings. The summed E-state index contributed by atoms with van der Waals surface area (Å²) in [4.78, 5) is 19.1. The van der Waals surface area contributed by atoms with E-state index >= 15 is 0 Å². The molecule has 3 aromatic rings. The molecule has 6 nitrogen and oxygen atoms in total. The Labute approximate surface area is 184 Å². The highest BCUT2D eigenvalue weighted by Crippen LogP contribution is 2.33. The maximum atomic E-state index is 13.0. The third-order valence-electron chi connectivity index (χ3n) is 4.47. The average molecular weight is 447 g/mol. The lowest BCUT2D eigenvalue weighted by atomic mass is 10.2. The molecule has 1 heterocycles. The number of hydrogen-bond acceptors (Lipinski definition) is 6. The van der Waals surface area contributed by atoms with Crippen molar-refractivity contribution in [2.75, 3.05) is 33.2 Å². The highest BCUT2D eigenvalue weighted by molar-refractivity contribution is 7.99. The van der Waals surface area contributed by atoms with Gasteiger partial charge in [0.05, 0.1) is 36.6 Å². The van der Waals surface area contributed by atoms with Gasteiger partial charge in [0.25, 0.3) is 5.91 Å². The predicted octanol–water partition coefficient (Wildman–Crippen LogP) is 4.61. The lowest BCUT2D eigenvalue weighted by molar-refractivity contribution is 0.0994. The van der Waals surface area contributed by atoms with Crippen LogP contribution in [0.25, 0.3) is 10.2 Å². The van der Waals surface area contributed by atoms with Gasteiger partial charge in [-0.3, -0.25) is 4.79 Å². The van der Waals surface area contributed by atoms with Gasteiger partial charge in [-0.25, -0.2) is 0 Å². The van der Waals surface area contributed by atoms with Crippen LogP contribution in [0.15, 0.2) is 46.3 Å². The second-order valence-electron chi connectivity index (χ2n) is 6.25. The van der Waals surface area contributed by atoms with Crippen molar-refractivity contribution in [3.8, 4) is 11.5 Å². The number of thioether (sulfide) groups is 1. The second kappa shape index (κ2) is 10.7. The van der Waals surface area contributed by atoms with Crippen molar-refractivity contribution in [3.05, 3.63) is 46.8 Å². The van der Waals surface area contributed by atoms with Gasteiger partial charge in [0.15, 0.2) is 16.3 Å². The first kappa shape index (κ1) is 22.4. The van der Waals surface area contributed by atoms with E-state index in [0.29, 0.717) is 41.6 Å². The van der Waals surface area contributed by atoms with E-state index in [2.05, 4.69) is 11.9 Å². The second-order valence-corrected chi connectivity index (χ2v) is 8.57. The van der Waals surface area contributed by atoms with Crippen LogP contribution < -0.4 is 14.3 Å². The molecule has 0 aliphatic heterocycles. The summed E-state index contributed by atoms with van der Waals surface area (Å²) in [6, 6.07) is 11.4. The first-order chi connectivity index (χ1) is 14.6. The van der Waals surface area contributed by atoms with Gasteiger partial charge in [-0.1, -0.05) is 30.4 Å². The van der Waals surface area contributed by atoms with Crippen LogP contribution in [0.2, 0.25) is 0 Å². The van der Waals surface area contributed by atoms with Crippen molar-refractivity contribution >= 4 is 39.2 Å². The number of carbonyl (C=O) groups is 1. The molecule has 30 heavy (non-hydrogen) atoms. The summed E-state index contributed by atoms with van der Waals surface area (Å²) in [6.07, 6.45) is 0. The van der Waals surface area contributed by atoms with Crippen molar-refractivity contribution in [2.45, 2.75) is 25.3 Å². The largest absolute Gasteiger partial charge is 0.493 e. The molecule has 0 unspecified atom stereocenters. The van der Waals surface area contributed by atoms with E-state index in [1.807, 2.05) is 47.9 Å². The summed E-state index contributed by atoms with van der Waals surface area (Å²) in [5.74, 6) is 1.92. The lowest BCUT2D eigenvalue weighted by Crippen LogP contribution is -2.20. The van der Waals surface area contributed by atoms with Crippen molar-refractivity contribution in [1.82, 2.24) is 4.57 Å². The predicted molar refractivity (Wildman–Crippen MR) is 122 cm³/mol. The molecule has 0 spiro atoms. The monoisotopic (exact) mass is 446 g/mol. The molecule has 0 atom stereocenters. The van der Waals surface area contributed by atoms with E-state index in [0.717, 1.165) is 20.9 Å². The molecule has 0 N–H and O–H groups in total. The van der Waals surface area contributed by atoms with Gasteiger partial charge >= 0.3 is 0 Å². The van der Waals surface area contributed by atoms with E-state index < -0.39 is 0 Å². The van der Waals surface area contributed by atoms with E-state index in [1.165, 1.54) is 11.3 Å². The summed E-state index contributed by atoms with van der Waals surface area (Å²) in [5, 5.41) is 0. The minimum absolute atomic E-state index is 0.248. The van der Waals surface area contributed by atoms with Gasteiger partial charge in [0.2, 0.25) is 0 Å². The maximum absolute atomic E-state index is 13.0. The zero-order chi connectivity index (χ0) is 21.5. The summed E-state index contributed by atoms with van der Waals surface area (Å²) < 4.78 is 19.4. The van der Waals surface area contributed by atoms with E-state index in [1.54, 1.807) is 26.0 Å². The van der Waals surface area contributed by atoms with Gasteiger partial charge in [-0.15, -0.1) is 11.8 Å². The first-order valence-electron chi connectivity index (χ1n) is 9.76. The van der Waals surface area contributed by atoms with Gasteiger partial charge in [0.1, 0.15) is 0 Å². The Morgan fingerprint density at radius 3 is 2.57 bits per heavy atom. The third kappa shape index (κ3) is 4.88. The molecule has 8 heteroatoms. The van der Waals surface area contributed by atoms with Gasteiger partial charge in [-0.05, 0) is 24.8 Å². The highest BCUT2D eigenvalue weighted by Gasteiger charge is 2.15. The number of hydrogen-bond donors (Lipinski definition) is 0. The van der Waals surface area contributed by atoms with Crippen molar-refractivity contribution in [3.63, 3.8) is 0 Å². The molecular weight excluding hydrogens is 420 g/mol. The minimum atomic E-state index is -0.248. The Kier molecular flexibility index (Phi) is 7.95. The molecule has 1 aromatic heterocycles. The smallest absolute Gasteiger partial charge is 0.280 e. The quantitative estimate of drug-likeness (QED) is 0.355. The molecule has 0 saturated carbocycles. The topological polar surface area (TPSA) is 62.1 Å². The summed E-state index contributed by atoms with van der Waals surface area (Å²) in [6.45, 7) is 5.77. The molecule has 0 aliphatic carbocycles. The van der Waals surface area contributed by atoms with Crippen LogP contribution in [0.1, 0.15) is 24.2 Å². The number of ether oxygens (including phenoxy) is 3. The number of aromatic nitrogens is 1. The van der Waals surface area contributed by atoms with Crippen LogP contribution >= 0.6 is 23.1 Å². The number of amides is 1. The van der Waals surface area contributed by atoms with Gasteiger partial charge in [0, 0.05) is 30.2 Å². The van der Waals surface area contributed by atoms with Crippen molar-refractivity contribution < 1.29 is 19.0 Å². The van der Waals surface area contributed by atoms with Crippen LogP contribution in [0.5, 0.6) is 11.5 Å². The van der Waals surface area contributed by atoms with Crippen LogP contribution in [-0.2, 0) is 11.3 Å². The fourth-order valence-corrected chi connectivity index (χ4v) is 4.93. The Bertz CT molecular complexity index is 1090. The Hall–Kier alpha value is -2.29. The molecule has 0 radical (unpaired) electrons. The Balaban J connectivity index is 2.13. The van der Waals surface area contributed by atoms with Crippen molar-refractivity contribution in [2.24, 2.45) is 4.99 Å². The molecule has 3 rings (SSSR count). The summed E-state index contributed by atoms with van der Waals surface area (Å²) >= 11 is 3.09. The molecule has 0 saturated heterocycles. The highest BCUT2D eigenvalue weighted by atomic mass is 32.2. The average Bonchev–Trinajstić information content (AvgIpc) is 3.09. The van der Waals surface area contributed by atoms with E-state index in [4.69, 9.17) is 14.2 Å². The molecular formula is C22H26N2O4S2. The normalized spacial score (nSPS) is 11.8. The number of nitrogens with zero attached hydrogens (tertiary/aromatic N) is 2. The number of benzene rings is 2. The van der Waals surface area contributed by atoms with Crippen molar-refractivity contribution in [1.29, 1.82) is 0 Å². The van der Waals surface area contributed by atoms with E-state index in [9.17, 15) is 4.79 Å². The first-order valence-corrected chi connectivity index (χ1v) is 11.6. The van der Waals surface area contributed by atoms with Crippen LogP contribution in [0.3, 0.4) is 0 Å². The summed E-state index contributed by atoms with van der Waals surface area (Å²) in [7, 11) is 3.22. The fourth-order valence-electron chi connectivity index (χ4n) is 3.07. The number of rotatable bonds is 9. The zero-order valence-electron chi connectivity index (χ0n) is 17.6. The number of thiazole rings is 1. The van der Waals surface area contributed by atoms with Gasteiger partial charge < -0.3 is 18.8 Å². The Morgan fingerprint density at radius 1 is 1.13 bits per heavy atom. The summed E-state index contributed by atoms with van der Waals surface area (Å²) in [5.41, 5.74) is 1.55. The number of carbonyl (C=O) groups excluding carboxylic acids is 1.